The molecule has 2 unspecified atom stereocenters. The highest BCUT2D eigenvalue weighted by atomic mass is 19.1. The number of rotatable bonds is 5. The van der Waals surface area contributed by atoms with Crippen LogP contribution in [0.4, 0.5) is 4.39 Å². The molecule has 4 heteroatoms. The predicted octanol–water partition coefficient (Wildman–Crippen LogP) is 0.636. The molecular formula is C9H20FN3. The largest absolute Gasteiger partial charge is 0.386 e. The highest BCUT2D eigenvalue weighted by Crippen LogP contribution is 2.06. The van der Waals surface area contributed by atoms with E-state index >= 15 is 0 Å². The quantitative estimate of drug-likeness (QED) is 0.688. The first kappa shape index (κ1) is 12.2. The van der Waals surface area contributed by atoms with Crippen LogP contribution in [-0.4, -0.2) is 49.7 Å². The Kier molecular flexibility index (Phi) is 4.77. The van der Waals surface area contributed by atoms with Gasteiger partial charge in [0.15, 0.2) is 0 Å². The first-order valence-corrected chi connectivity index (χ1v) is 4.32. The van der Waals surface area contributed by atoms with Crippen LogP contribution in [0.5, 0.6) is 0 Å². The maximum absolute atomic E-state index is 13.5. The van der Waals surface area contributed by atoms with Gasteiger partial charge in [0.2, 0.25) is 0 Å². The Hall–Kier alpha value is -0.770. The van der Waals surface area contributed by atoms with Crippen molar-refractivity contribution in [1.82, 2.24) is 9.80 Å². The first-order chi connectivity index (χ1) is 5.86. The monoisotopic (exact) mass is 189 g/mol. The fourth-order valence-corrected chi connectivity index (χ4v) is 0.855. The van der Waals surface area contributed by atoms with Crippen molar-refractivity contribution in [2.75, 3.05) is 27.7 Å². The third kappa shape index (κ3) is 4.12. The summed E-state index contributed by atoms with van der Waals surface area (Å²) in [6.45, 7) is 5.67. The summed E-state index contributed by atoms with van der Waals surface area (Å²) in [4.78, 5) is 3.46. The van der Waals surface area contributed by atoms with E-state index in [1.807, 2.05) is 25.9 Å². The van der Waals surface area contributed by atoms with Crippen LogP contribution in [0.25, 0.3) is 0 Å². The van der Waals surface area contributed by atoms with Crippen LogP contribution < -0.4 is 5.73 Å². The molecule has 0 saturated carbocycles. The summed E-state index contributed by atoms with van der Waals surface area (Å²) in [7, 11) is 5.44. The zero-order chi connectivity index (χ0) is 10.6. The molecule has 0 bridgehead atoms. The molecule has 3 nitrogen and oxygen atoms in total. The van der Waals surface area contributed by atoms with Crippen molar-refractivity contribution in [3.05, 3.63) is 12.4 Å². The number of halogens is 1. The number of nitrogens with two attached hydrogens (primary N) is 1. The maximum Gasteiger partial charge on any atom is 0.133 e. The van der Waals surface area contributed by atoms with Gasteiger partial charge in [-0.3, -0.25) is 0 Å². The molecule has 0 aliphatic carbocycles. The smallest absolute Gasteiger partial charge is 0.133 e. The van der Waals surface area contributed by atoms with Gasteiger partial charge < -0.3 is 15.5 Å². The molecule has 2 N–H and O–H groups in total. The molecule has 0 aliphatic rings. The molecule has 0 aromatic rings. The van der Waals surface area contributed by atoms with Crippen LogP contribution in [0, 0.1) is 0 Å². The molecule has 0 rings (SSSR count). The summed E-state index contributed by atoms with van der Waals surface area (Å²) in [6, 6.07) is -0.109. The number of hydrogen-bond donors (Lipinski definition) is 1. The highest BCUT2D eigenvalue weighted by molar-refractivity contribution is 4.87. The van der Waals surface area contributed by atoms with Crippen LogP contribution in [0.15, 0.2) is 12.4 Å². The second-order valence-corrected chi connectivity index (χ2v) is 3.59. The summed E-state index contributed by atoms with van der Waals surface area (Å²) in [5.41, 5.74) is 5.41. The lowest BCUT2D eigenvalue weighted by molar-refractivity contribution is 0.142. The Labute approximate surface area is 80.0 Å². The van der Waals surface area contributed by atoms with Crippen molar-refractivity contribution in [2.45, 2.75) is 19.1 Å². The van der Waals surface area contributed by atoms with Gasteiger partial charge in [-0.25, -0.2) is 4.39 Å². The third-order valence-electron chi connectivity index (χ3n) is 2.28. The van der Waals surface area contributed by atoms with E-state index in [1.54, 1.807) is 11.9 Å². The Morgan fingerprint density at radius 3 is 2.23 bits per heavy atom. The van der Waals surface area contributed by atoms with Crippen LogP contribution >= 0.6 is 0 Å². The van der Waals surface area contributed by atoms with E-state index in [0.29, 0.717) is 5.82 Å². The molecule has 0 fully saturated rings. The van der Waals surface area contributed by atoms with Crippen molar-refractivity contribution in [1.29, 1.82) is 0 Å². The molecule has 0 aromatic carbocycles. The predicted molar refractivity (Wildman–Crippen MR) is 54.0 cm³/mol. The van der Waals surface area contributed by atoms with E-state index in [9.17, 15) is 4.39 Å². The number of hydrogen-bond acceptors (Lipinski definition) is 3. The molecule has 0 heterocycles. The lowest BCUT2D eigenvalue weighted by Crippen LogP contribution is -2.41. The van der Waals surface area contributed by atoms with Gasteiger partial charge in [-0.2, -0.15) is 0 Å². The van der Waals surface area contributed by atoms with Crippen molar-refractivity contribution < 1.29 is 4.39 Å². The fourth-order valence-electron chi connectivity index (χ4n) is 0.855. The lowest BCUT2D eigenvalue weighted by Gasteiger charge is -2.27. The summed E-state index contributed by atoms with van der Waals surface area (Å²) in [5, 5.41) is 0. The van der Waals surface area contributed by atoms with Gasteiger partial charge in [0, 0.05) is 13.1 Å². The first-order valence-electron chi connectivity index (χ1n) is 4.32. The molecule has 0 spiro atoms. The van der Waals surface area contributed by atoms with Crippen LogP contribution in [0.2, 0.25) is 0 Å². The molecule has 13 heavy (non-hydrogen) atoms. The SMILES string of the molecule is C=C(N)N(C)CC(F)C(C)N(C)C. The molecule has 0 aliphatic heterocycles. The van der Waals surface area contributed by atoms with E-state index in [4.69, 9.17) is 5.73 Å². The van der Waals surface area contributed by atoms with Gasteiger partial charge in [-0.15, -0.1) is 0 Å². The van der Waals surface area contributed by atoms with Crippen molar-refractivity contribution >= 4 is 0 Å². The Morgan fingerprint density at radius 2 is 1.92 bits per heavy atom. The highest BCUT2D eigenvalue weighted by Gasteiger charge is 2.19. The Bertz CT molecular complexity index is 170. The number of alkyl halides is 1. The Morgan fingerprint density at radius 1 is 1.46 bits per heavy atom. The van der Waals surface area contributed by atoms with Crippen LogP contribution in [0.1, 0.15) is 6.92 Å². The van der Waals surface area contributed by atoms with Gasteiger partial charge in [-0.1, -0.05) is 6.58 Å². The van der Waals surface area contributed by atoms with Gasteiger partial charge in [0.05, 0.1) is 12.4 Å². The molecule has 78 valence electrons. The van der Waals surface area contributed by atoms with Crippen molar-refractivity contribution in [3.8, 4) is 0 Å². The second kappa shape index (κ2) is 5.07. The summed E-state index contributed by atoms with van der Waals surface area (Å²) in [6.07, 6.45) is -0.916. The molecule has 0 aromatic heterocycles. The normalized spacial score (nSPS) is 15.5. The fraction of sp³-hybridized carbons (Fsp3) is 0.778. The minimum Gasteiger partial charge on any atom is -0.386 e. The van der Waals surface area contributed by atoms with E-state index in [1.165, 1.54) is 0 Å². The lowest BCUT2D eigenvalue weighted by atomic mass is 10.2. The van der Waals surface area contributed by atoms with E-state index in [2.05, 4.69) is 6.58 Å². The van der Waals surface area contributed by atoms with Gasteiger partial charge >= 0.3 is 0 Å². The molecule has 0 amide bonds. The standard InChI is InChI=1S/C9H20FN3/c1-7(12(3)4)9(10)6-13(5)8(2)11/h7,9H,2,6,11H2,1,3-5H3. The topological polar surface area (TPSA) is 32.5 Å². The average molecular weight is 189 g/mol. The molecule has 0 saturated heterocycles. The van der Waals surface area contributed by atoms with Gasteiger partial charge in [-0.05, 0) is 21.0 Å². The minimum atomic E-state index is -0.916. The van der Waals surface area contributed by atoms with Gasteiger partial charge in [0.1, 0.15) is 6.17 Å². The van der Waals surface area contributed by atoms with Crippen molar-refractivity contribution in [2.24, 2.45) is 5.73 Å². The van der Waals surface area contributed by atoms with E-state index in [-0.39, 0.29) is 12.6 Å². The Balaban J connectivity index is 3.99. The summed E-state index contributed by atoms with van der Waals surface area (Å²) in [5.74, 6) is 0.397. The second-order valence-electron chi connectivity index (χ2n) is 3.59. The van der Waals surface area contributed by atoms with Crippen LogP contribution in [0.3, 0.4) is 0 Å². The van der Waals surface area contributed by atoms with Crippen molar-refractivity contribution in [3.63, 3.8) is 0 Å². The molecule has 2 atom stereocenters. The minimum absolute atomic E-state index is 0.109. The molecule has 0 radical (unpaired) electrons. The summed E-state index contributed by atoms with van der Waals surface area (Å²) < 4.78 is 13.5. The zero-order valence-corrected chi connectivity index (χ0v) is 8.92. The number of nitrogens with zero attached hydrogens (tertiary/aromatic N) is 2. The van der Waals surface area contributed by atoms with Crippen LogP contribution in [-0.2, 0) is 0 Å². The van der Waals surface area contributed by atoms with E-state index in [0.717, 1.165) is 0 Å². The maximum atomic E-state index is 13.5. The van der Waals surface area contributed by atoms with Gasteiger partial charge in [0.25, 0.3) is 0 Å². The summed E-state index contributed by atoms with van der Waals surface area (Å²) >= 11 is 0. The molecular weight excluding hydrogens is 169 g/mol. The average Bonchev–Trinajstić information content (AvgIpc) is 2.02. The van der Waals surface area contributed by atoms with E-state index < -0.39 is 6.17 Å². The zero-order valence-electron chi connectivity index (χ0n) is 8.92. The third-order valence-corrected chi connectivity index (χ3v) is 2.28.